The van der Waals surface area contributed by atoms with Gasteiger partial charge in [-0.3, -0.25) is 14.5 Å². The van der Waals surface area contributed by atoms with Gasteiger partial charge >= 0.3 is 5.97 Å². The van der Waals surface area contributed by atoms with Crippen LogP contribution in [0, 0.1) is 0 Å². The van der Waals surface area contributed by atoms with Gasteiger partial charge in [0.05, 0.1) is 24.9 Å². The molecule has 1 fully saturated rings. The molecule has 0 bridgehead atoms. The fraction of sp³-hybridized carbons (Fsp3) is 0.286. The van der Waals surface area contributed by atoms with E-state index < -0.39 is 24.1 Å². The molecule has 2 aliphatic rings. The number of esters is 1. The number of benzene rings is 2. The first-order chi connectivity index (χ1) is 14.8. The Labute approximate surface area is 191 Å². The van der Waals surface area contributed by atoms with Crippen LogP contribution in [-0.2, 0) is 14.3 Å². The van der Waals surface area contributed by atoms with Gasteiger partial charge in [-0.1, -0.05) is 27.5 Å². The van der Waals surface area contributed by atoms with Gasteiger partial charge in [0.2, 0.25) is 18.0 Å². The molecule has 10 heteroatoms. The fourth-order valence-electron chi connectivity index (χ4n) is 3.85. The highest BCUT2D eigenvalue weighted by Gasteiger charge is 2.47. The molecule has 1 saturated heterocycles. The second kappa shape index (κ2) is 8.39. The molecule has 0 aliphatic carbocycles. The van der Waals surface area contributed by atoms with Crippen molar-refractivity contribution in [3.05, 3.63) is 51.0 Å². The molecule has 0 spiro atoms. The van der Waals surface area contributed by atoms with E-state index in [0.29, 0.717) is 22.0 Å². The highest BCUT2D eigenvalue weighted by molar-refractivity contribution is 9.10. The normalized spacial score (nSPS) is 19.8. The van der Waals surface area contributed by atoms with E-state index >= 15 is 0 Å². The van der Waals surface area contributed by atoms with E-state index in [1.807, 2.05) is 0 Å². The van der Waals surface area contributed by atoms with Gasteiger partial charge in [0.25, 0.3) is 0 Å². The molecule has 0 aromatic heterocycles. The molecule has 0 unspecified atom stereocenters. The molecule has 2 atom stereocenters. The van der Waals surface area contributed by atoms with Crippen molar-refractivity contribution < 1.29 is 28.6 Å². The number of cyclic esters (lactones) is 1. The molecule has 2 amide bonds. The Kier molecular flexibility index (Phi) is 5.81. The number of fused-ring (bicyclic) bond motifs is 1. The van der Waals surface area contributed by atoms with E-state index in [-0.39, 0.29) is 30.1 Å². The molecule has 2 heterocycles. The molecule has 4 rings (SSSR count). The summed E-state index contributed by atoms with van der Waals surface area (Å²) in [7, 11) is 2.87. The Morgan fingerprint density at radius 2 is 2.00 bits per heavy atom. The first kappa shape index (κ1) is 21.5. The molecule has 31 heavy (non-hydrogen) atoms. The van der Waals surface area contributed by atoms with Gasteiger partial charge in [0.15, 0.2) is 11.5 Å². The zero-order chi connectivity index (χ0) is 22.3. The number of nitrogens with one attached hydrogen (secondary N) is 1. The Hall–Kier alpha value is -2.78. The topological polar surface area (TPSA) is 94.2 Å². The summed E-state index contributed by atoms with van der Waals surface area (Å²) in [4.78, 5) is 39.6. The number of anilines is 1. The summed E-state index contributed by atoms with van der Waals surface area (Å²) >= 11 is 9.52. The van der Waals surface area contributed by atoms with Crippen LogP contribution in [0.25, 0.3) is 0 Å². The third-order valence-electron chi connectivity index (χ3n) is 5.27. The van der Waals surface area contributed by atoms with Crippen molar-refractivity contribution in [3.8, 4) is 11.5 Å². The second-order valence-corrected chi connectivity index (χ2v) is 8.31. The molecule has 2 aromatic carbocycles. The molecule has 0 saturated carbocycles. The number of nitrogens with zero attached hydrogens (tertiary/aromatic N) is 1. The Balaban J connectivity index is 1.65. The Morgan fingerprint density at radius 3 is 2.68 bits per heavy atom. The first-order valence-corrected chi connectivity index (χ1v) is 10.6. The first-order valence-electron chi connectivity index (χ1n) is 9.38. The summed E-state index contributed by atoms with van der Waals surface area (Å²) in [6.07, 6.45) is -0.591. The van der Waals surface area contributed by atoms with Crippen molar-refractivity contribution in [2.75, 3.05) is 19.5 Å². The summed E-state index contributed by atoms with van der Waals surface area (Å²) in [5.41, 5.74) is 1.04. The lowest BCUT2D eigenvalue weighted by Gasteiger charge is -2.29. The Morgan fingerprint density at radius 1 is 1.23 bits per heavy atom. The number of hydrogen-bond donors (Lipinski definition) is 1. The van der Waals surface area contributed by atoms with Gasteiger partial charge in [-0.15, -0.1) is 0 Å². The SMILES string of the molecule is COc1ccc2c(c1OC)C(=O)O[C@@H]2N1C(=O)CC[C@H]1C(=O)Nc1ccc(Br)cc1Cl. The lowest BCUT2D eigenvalue weighted by Crippen LogP contribution is -2.43. The lowest BCUT2D eigenvalue weighted by atomic mass is 10.1. The van der Waals surface area contributed by atoms with Crippen LogP contribution in [0.2, 0.25) is 5.02 Å². The molecular weight excluding hydrogens is 492 g/mol. The van der Waals surface area contributed by atoms with Crippen LogP contribution in [0.1, 0.15) is 35.0 Å². The minimum atomic E-state index is -1.03. The number of halogens is 2. The number of hydrogen-bond acceptors (Lipinski definition) is 6. The maximum absolute atomic E-state index is 13.0. The predicted octanol–water partition coefficient (Wildman–Crippen LogP) is 3.92. The maximum Gasteiger partial charge on any atom is 0.344 e. The van der Waals surface area contributed by atoms with E-state index in [2.05, 4.69) is 21.2 Å². The van der Waals surface area contributed by atoms with Gasteiger partial charge in [-0.05, 0) is 36.8 Å². The zero-order valence-corrected chi connectivity index (χ0v) is 19.0. The number of ether oxygens (including phenoxy) is 3. The minimum Gasteiger partial charge on any atom is -0.493 e. The maximum atomic E-state index is 13.0. The monoisotopic (exact) mass is 508 g/mol. The van der Waals surface area contributed by atoms with Crippen molar-refractivity contribution >= 4 is 51.0 Å². The van der Waals surface area contributed by atoms with Gasteiger partial charge < -0.3 is 19.5 Å². The van der Waals surface area contributed by atoms with Crippen LogP contribution in [-0.4, -0.2) is 42.9 Å². The number of amides is 2. The van der Waals surface area contributed by atoms with Crippen LogP contribution in [0.3, 0.4) is 0 Å². The minimum absolute atomic E-state index is 0.156. The summed E-state index contributed by atoms with van der Waals surface area (Å²) in [5.74, 6) is -0.763. The molecule has 1 N–H and O–H groups in total. The summed E-state index contributed by atoms with van der Waals surface area (Å²) in [6, 6.07) is 7.50. The van der Waals surface area contributed by atoms with E-state index in [9.17, 15) is 14.4 Å². The van der Waals surface area contributed by atoms with E-state index in [1.165, 1.54) is 19.1 Å². The van der Waals surface area contributed by atoms with Gasteiger partial charge in [0, 0.05) is 16.5 Å². The van der Waals surface area contributed by atoms with E-state index in [4.69, 9.17) is 25.8 Å². The summed E-state index contributed by atoms with van der Waals surface area (Å²) < 4.78 is 16.9. The van der Waals surface area contributed by atoms with Crippen LogP contribution in [0.15, 0.2) is 34.8 Å². The molecule has 8 nitrogen and oxygen atoms in total. The smallest absolute Gasteiger partial charge is 0.344 e. The standard InChI is InChI=1S/C21H18BrClN2O6/c1-29-15-7-4-11-17(18(15)30-2)21(28)31-20(11)25-14(6-8-16(25)26)19(27)24-13-5-3-10(22)9-12(13)23/h3-5,7,9,14,20H,6,8H2,1-2H3,(H,24,27)/t14-,20-/m0/s1. The van der Waals surface area contributed by atoms with Crippen molar-refractivity contribution in [3.63, 3.8) is 0 Å². The molecule has 162 valence electrons. The molecule has 2 aliphatic heterocycles. The third-order valence-corrected chi connectivity index (χ3v) is 6.07. The summed E-state index contributed by atoms with van der Waals surface area (Å²) in [6.45, 7) is 0. The van der Waals surface area contributed by atoms with Crippen molar-refractivity contribution in [1.82, 2.24) is 4.90 Å². The van der Waals surface area contributed by atoms with Gasteiger partial charge in [-0.2, -0.15) is 0 Å². The van der Waals surface area contributed by atoms with Crippen LogP contribution in [0.5, 0.6) is 11.5 Å². The largest absolute Gasteiger partial charge is 0.493 e. The molecular formula is C21H18BrClN2O6. The zero-order valence-electron chi connectivity index (χ0n) is 16.6. The average Bonchev–Trinajstić information content (AvgIpc) is 3.29. The lowest BCUT2D eigenvalue weighted by molar-refractivity contribution is -0.144. The van der Waals surface area contributed by atoms with E-state index in [0.717, 1.165) is 4.47 Å². The highest BCUT2D eigenvalue weighted by atomic mass is 79.9. The van der Waals surface area contributed by atoms with E-state index in [1.54, 1.807) is 30.3 Å². The van der Waals surface area contributed by atoms with Crippen LogP contribution >= 0.6 is 27.5 Å². The van der Waals surface area contributed by atoms with Crippen LogP contribution < -0.4 is 14.8 Å². The number of carbonyl (C=O) groups is 3. The van der Waals surface area contributed by atoms with Gasteiger partial charge in [-0.25, -0.2) is 4.79 Å². The second-order valence-electron chi connectivity index (χ2n) is 6.99. The number of carbonyl (C=O) groups excluding carboxylic acids is 3. The summed E-state index contributed by atoms with van der Waals surface area (Å²) in [5, 5.41) is 3.11. The molecule has 2 aromatic rings. The quantitative estimate of drug-likeness (QED) is 0.614. The molecule has 0 radical (unpaired) electrons. The average molecular weight is 510 g/mol. The number of likely N-dealkylation sites (tertiary alicyclic amines) is 1. The van der Waals surface area contributed by atoms with Crippen molar-refractivity contribution in [2.45, 2.75) is 25.1 Å². The Bertz CT molecular complexity index is 1090. The highest BCUT2D eigenvalue weighted by Crippen LogP contribution is 2.45. The van der Waals surface area contributed by atoms with Crippen LogP contribution in [0.4, 0.5) is 5.69 Å². The third kappa shape index (κ3) is 3.72. The number of methoxy groups -OCH3 is 2. The van der Waals surface area contributed by atoms with Crippen molar-refractivity contribution in [2.24, 2.45) is 0 Å². The van der Waals surface area contributed by atoms with Crippen molar-refractivity contribution in [1.29, 1.82) is 0 Å². The number of rotatable bonds is 5. The van der Waals surface area contributed by atoms with Gasteiger partial charge in [0.1, 0.15) is 11.6 Å². The predicted molar refractivity (Wildman–Crippen MR) is 115 cm³/mol. The fourth-order valence-corrected chi connectivity index (χ4v) is 4.57.